The van der Waals surface area contributed by atoms with E-state index in [1.165, 1.54) is 24.5 Å². The van der Waals surface area contributed by atoms with Crippen LogP contribution in [0.1, 0.15) is 5.56 Å². The average Bonchev–Trinajstić information content (AvgIpc) is 3.07. The minimum absolute atomic E-state index is 0.0868. The summed E-state index contributed by atoms with van der Waals surface area (Å²) >= 11 is 10.8. The lowest BCUT2D eigenvalue weighted by atomic mass is 10.2. The Hall–Kier alpha value is -2.72. The van der Waals surface area contributed by atoms with Crippen LogP contribution < -0.4 is 10.6 Å². The van der Waals surface area contributed by atoms with E-state index < -0.39 is 41.2 Å². The molecule has 0 aliphatic rings. The molecule has 1 aromatic heterocycles. The van der Waals surface area contributed by atoms with Gasteiger partial charge in [0.15, 0.2) is 22.6 Å². The molecule has 28 heavy (non-hydrogen) atoms. The molecule has 0 amide bonds. The van der Waals surface area contributed by atoms with Gasteiger partial charge < -0.3 is 10.6 Å². The lowest BCUT2D eigenvalue weighted by Crippen LogP contribution is -2.18. The van der Waals surface area contributed by atoms with E-state index in [-0.39, 0.29) is 16.2 Å². The summed E-state index contributed by atoms with van der Waals surface area (Å²) in [5, 5.41) is 9.44. The van der Waals surface area contributed by atoms with Gasteiger partial charge >= 0.3 is 0 Å². The molecule has 0 bridgehead atoms. The summed E-state index contributed by atoms with van der Waals surface area (Å²) in [6.07, 6.45) is 2.66. The Morgan fingerprint density at radius 3 is 2.39 bits per heavy atom. The maximum atomic E-state index is 13.7. The smallest absolute Gasteiger partial charge is 0.194 e. The van der Waals surface area contributed by atoms with Crippen LogP contribution in [0.2, 0.25) is 5.02 Å². The zero-order chi connectivity index (χ0) is 20.4. The second-order valence-electron chi connectivity index (χ2n) is 5.58. The SMILES string of the molecule is Fc1ccc(NC(=S)Nc2cnn(Cc3c(F)cc(F)c(F)c3F)c2)cc1Cl. The van der Waals surface area contributed by atoms with E-state index in [9.17, 15) is 22.0 Å². The lowest BCUT2D eigenvalue weighted by molar-refractivity contribution is 0.420. The number of rotatable bonds is 4. The molecule has 2 aromatic carbocycles. The van der Waals surface area contributed by atoms with Gasteiger partial charge in [-0.3, -0.25) is 4.68 Å². The summed E-state index contributed by atoms with van der Waals surface area (Å²) < 4.78 is 68.0. The highest BCUT2D eigenvalue weighted by Crippen LogP contribution is 2.21. The molecule has 0 saturated heterocycles. The van der Waals surface area contributed by atoms with E-state index in [1.54, 1.807) is 0 Å². The van der Waals surface area contributed by atoms with Gasteiger partial charge in [-0.15, -0.1) is 0 Å². The number of hydrogen-bond donors (Lipinski definition) is 2. The van der Waals surface area contributed by atoms with E-state index in [0.29, 0.717) is 11.4 Å². The average molecular weight is 433 g/mol. The standard InChI is InChI=1S/C17H10ClF5N4S/c18-11-3-8(1-2-12(11)19)25-17(28)26-9-5-24-27(6-9)7-10-13(20)4-14(21)16(23)15(10)22/h1-6H,7H2,(H2,25,26,28). The predicted octanol–water partition coefficient (Wildman–Crippen LogP) is 5.09. The first-order valence-electron chi connectivity index (χ1n) is 7.62. The van der Waals surface area contributed by atoms with Gasteiger partial charge in [-0.1, -0.05) is 11.6 Å². The van der Waals surface area contributed by atoms with Crippen LogP contribution in [-0.2, 0) is 6.54 Å². The van der Waals surface area contributed by atoms with Gasteiger partial charge in [0.25, 0.3) is 0 Å². The summed E-state index contributed by atoms with van der Waals surface area (Å²) in [5.41, 5.74) is 0.117. The Morgan fingerprint density at radius 1 is 0.964 bits per heavy atom. The van der Waals surface area contributed by atoms with Gasteiger partial charge in [0.1, 0.15) is 11.6 Å². The summed E-state index contributed by atoms with van der Waals surface area (Å²) in [6.45, 7) is -0.468. The van der Waals surface area contributed by atoms with Crippen molar-refractivity contribution in [2.75, 3.05) is 10.6 Å². The number of anilines is 2. The normalized spacial score (nSPS) is 10.8. The van der Waals surface area contributed by atoms with Crippen LogP contribution in [0.15, 0.2) is 36.7 Å². The number of nitrogens with zero attached hydrogens (tertiary/aromatic N) is 2. The lowest BCUT2D eigenvalue weighted by Gasteiger charge is -2.09. The first-order chi connectivity index (χ1) is 13.2. The third-order valence-electron chi connectivity index (χ3n) is 3.60. The molecule has 4 nitrogen and oxygen atoms in total. The van der Waals surface area contributed by atoms with Crippen molar-refractivity contribution in [2.24, 2.45) is 0 Å². The molecule has 0 aliphatic heterocycles. The first-order valence-corrected chi connectivity index (χ1v) is 8.40. The molecule has 1 heterocycles. The van der Waals surface area contributed by atoms with Crippen LogP contribution >= 0.6 is 23.8 Å². The third-order valence-corrected chi connectivity index (χ3v) is 4.09. The Bertz CT molecular complexity index is 1060. The van der Waals surface area contributed by atoms with Gasteiger partial charge in [0.05, 0.1) is 23.5 Å². The Balaban J connectivity index is 1.68. The largest absolute Gasteiger partial charge is 0.332 e. The highest BCUT2D eigenvalue weighted by atomic mass is 35.5. The Morgan fingerprint density at radius 2 is 1.68 bits per heavy atom. The number of nitrogens with one attached hydrogen (secondary N) is 2. The molecule has 0 radical (unpaired) electrons. The Labute approximate surface area is 165 Å². The molecule has 146 valence electrons. The number of thiocarbonyl (C=S) groups is 1. The number of halogens is 6. The van der Waals surface area contributed by atoms with Crippen molar-refractivity contribution in [1.29, 1.82) is 0 Å². The van der Waals surface area contributed by atoms with Crippen molar-refractivity contribution in [2.45, 2.75) is 6.54 Å². The van der Waals surface area contributed by atoms with Gasteiger partial charge in [-0.2, -0.15) is 5.10 Å². The molecule has 3 aromatic rings. The molecular formula is C17H10ClF5N4S. The second-order valence-corrected chi connectivity index (χ2v) is 6.40. The summed E-state index contributed by atoms with van der Waals surface area (Å²) in [4.78, 5) is 0. The molecule has 0 unspecified atom stereocenters. The number of benzene rings is 2. The van der Waals surface area contributed by atoms with Gasteiger partial charge in [0, 0.05) is 23.5 Å². The Kier molecular flexibility index (Phi) is 5.80. The zero-order valence-corrected chi connectivity index (χ0v) is 15.3. The van der Waals surface area contributed by atoms with Crippen LogP contribution in [0.3, 0.4) is 0 Å². The maximum absolute atomic E-state index is 13.7. The van der Waals surface area contributed by atoms with E-state index in [4.69, 9.17) is 23.8 Å². The molecule has 0 atom stereocenters. The van der Waals surface area contributed by atoms with Gasteiger partial charge in [-0.05, 0) is 30.4 Å². The van der Waals surface area contributed by atoms with Crippen LogP contribution in [0.25, 0.3) is 0 Å². The third kappa shape index (κ3) is 4.39. The van der Waals surface area contributed by atoms with Crippen molar-refractivity contribution in [3.63, 3.8) is 0 Å². The van der Waals surface area contributed by atoms with Crippen LogP contribution in [0, 0.1) is 29.1 Å². The maximum Gasteiger partial charge on any atom is 0.194 e. The molecule has 3 rings (SSSR count). The van der Waals surface area contributed by atoms with Crippen molar-refractivity contribution in [3.8, 4) is 0 Å². The van der Waals surface area contributed by atoms with E-state index in [1.807, 2.05) is 0 Å². The van der Waals surface area contributed by atoms with Crippen LogP contribution in [0.5, 0.6) is 0 Å². The summed E-state index contributed by atoms with van der Waals surface area (Å²) in [6, 6.07) is 4.19. The fraction of sp³-hybridized carbons (Fsp3) is 0.0588. The van der Waals surface area contributed by atoms with E-state index >= 15 is 0 Å². The summed E-state index contributed by atoms with van der Waals surface area (Å²) in [7, 11) is 0. The van der Waals surface area contributed by atoms with Crippen LogP contribution in [0.4, 0.5) is 33.3 Å². The van der Waals surface area contributed by atoms with Crippen molar-refractivity contribution < 1.29 is 22.0 Å². The zero-order valence-electron chi connectivity index (χ0n) is 13.7. The van der Waals surface area contributed by atoms with Crippen LogP contribution in [-0.4, -0.2) is 14.9 Å². The van der Waals surface area contributed by atoms with Crippen molar-refractivity contribution in [1.82, 2.24) is 9.78 Å². The molecule has 0 spiro atoms. The molecule has 0 aliphatic carbocycles. The second kappa shape index (κ2) is 8.11. The first kappa shape index (κ1) is 20.0. The van der Waals surface area contributed by atoms with E-state index in [2.05, 4.69) is 15.7 Å². The minimum atomic E-state index is -1.76. The molecule has 11 heteroatoms. The minimum Gasteiger partial charge on any atom is -0.332 e. The molecule has 0 fully saturated rings. The molecular weight excluding hydrogens is 423 g/mol. The van der Waals surface area contributed by atoms with E-state index in [0.717, 1.165) is 10.7 Å². The predicted molar refractivity (Wildman–Crippen MR) is 98.9 cm³/mol. The van der Waals surface area contributed by atoms with Crippen molar-refractivity contribution in [3.05, 3.63) is 76.3 Å². The molecule has 2 N–H and O–H groups in total. The topological polar surface area (TPSA) is 41.9 Å². The van der Waals surface area contributed by atoms with Gasteiger partial charge in [-0.25, -0.2) is 22.0 Å². The fourth-order valence-electron chi connectivity index (χ4n) is 2.29. The highest BCUT2D eigenvalue weighted by molar-refractivity contribution is 7.80. The quantitative estimate of drug-likeness (QED) is 0.261. The number of hydrogen-bond acceptors (Lipinski definition) is 2. The molecule has 0 saturated carbocycles. The summed E-state index contributed by atoms with van der Waals surface area (Å²) in [5.74, 6) is -6.80. The van der Waals surface area contributed by atoms with Gasteiger partial charge in [0.2, 0.25) is 0 Å². The fourth-order valence-corrected chi connectivity index (χ4v) is 2.71. The van der Waals surface area contributed by atoms with Crippen molar-refractivity contribution >= 4 is 40.3 Å². The monoisotopic (exact) mass is 432 g/mol. The number of aromatic nitrogens is 2. The highest BCUT2D eigenvalue weighted by Gasteiger charge is 2.19.